The third kappa shape index (κ3) is 4.38. The average Bonchev–Trinajstić information content (AvgIpc) is 3.09. The van der Waals surface area contributed by atoms with Crippen molar-refractivity contribution in [2.45, 2.75) is 5.92 Å². The van der Waals surface area contributed by atoms with Crippen LogP contribution in [-0.4, -0.2) is 4.98 Å². The molecule has 6 aromatic carbocycles. The summed E-state index contributed by atoms with van der Waals surface area (Å²) in [5, 5.41) is 3.68. The highest BCUT2D eigenvalue weighted by molar-refractivity contribution is 6.05. The van der Waals surface area contributed by atoms with Crippen LogP contribution in [0.15, 0.2) is 164 Å². The Hall–Kier alpha value is -5.53. The molecule has 8 rings (SSSR count). The maximum atomic E-state index is 4.64. The van der Waals surface area contributed by atoms with E-state index in [1.54, 1.807) is 0 Å². The van der Waals surface area contributed by atoms with E-state index in [1.165, 1.54) is 55.3 Å². The summed E-state index contributed by atoms with van der Waals surface area (Å²) < 4.78 is 0. The molecular weight excluding hydrogens is 518 g/mol. The second-order valence-electron chi connectivity index (χ2n) is 11.2. The molecule has 1 heterocycles. The van der Waals surface area contributed by atoms with Gasteiger partial charge in [0, 0.05) is 23.1 Å². The molecule has 0 fully saturated rings. The first-order valence-electron chi connectivity index (χ1n) is 14.8. The number of allylic oxidation sites excluding steroid dienone is 2. The molecule has 0 aliphatic heterocycles. The Morgan fingerprint density at radius 2 is 1.16 bits per heavy atom. The first-order valence-corrected chi connectivity index (χ1v) is 14.8. The lowest BCUT2D eigenvalue weighted by molar-refractivity contribution is 1.09. The molecule has 7 aromatic rings. The van der Waals surface area contributed by atoms with Crippen LogP contribution in [0.3, 0.4) is 0 Å². The molecule has 0 amide bonds. The summed E-state index contributed by atoms with van der Waals surface area (Å²) in [6.45, 7) is 4.64. The number of pyridine rings is 1. The molecule has 0 N–H and O–H groups in total. The number of hydrogen-bond donors (Lipinski definition) is 0. The Kier molecular flexibility index (Phi) is 6.09. The van der Waals surface area contributed by atoms with E-state index in [1.807, 2.05) is 12.3 Å². The van der Waals surface area contributed by atoms with E-state index in [4.69, 9.17) is 0 Å². The summed E-state index contributed by atoms with van der Waals surface area (Å²) in [4.78, 5) is 4.64. The summed E-state index contributed by atoms with van der Waals surface area (Å²) in [6, 6.07) is 52.2. The zero-order valence-corrected chi connectivity index (χ0v) is 23.7. The summed E-state index contributed by atoms with van der Waals surface area (Å²) >= 11 is 0. The van der Waals surface area contributed by atoms with Crippen molar-refractivity contribution in [1.82, 2.24) is 4.98 Å². The summed E-state index contributed by atoms with van der Waals surface area (Å²) in [6.07, 6.45) is 4.27. The fourth-order valence-electron chi connectivity index (χ4n) is 6.57. The van der Waals surface area contributed by atoms with Gasteiger partial charge in [-0.15, -0.1) is 0 Å². The van der Waals surface area contributed by atoms with Crippen molar-refractivity contribution in [2.75, 3.05) is 0 Å². The number of fused-ring (bicyclic) bond motifs is 4. The number of para-hydroxylation sites is 1. The van der Waals surface area contributed by atoms with Crippen LogP contribution in [0.4, 0.5) is 0 Å². The van der Waals surface area contributed by atoms with E-state index < -0.39 is 0 Å². The zero-order valence-electron chi connectivity index (χ0n) is 23.7. The molecule has 1 nitrogen and oxygen atoms in total. The third-order valence-electron chi connectivity index (χ3n) is 8.77. The molecule has 0 spiro atoms. The van der Waals surface area contributed by atoms with Crippen LogP contribution in [0.5, 0.6) is 0 Å². The molecule has 43 heavy (non-hydrogen) atoms. The van der Waals surface area contributed by atoms with E-state index >= 15 is 0 Å². The van der Waals surface area contributed by atoms with Gasteiger partial charge in [0.25, 0.3) is 0 Å². The lowest BCUT2D eigenvalue weighted by Crippen LogP contribution is -2.09. The van der Waals surface area contributed by atoms with E-state index in [2.05, 4.69) is 157 Å². The van der Waals surface area contributed by atoms with Crippen LogP contribution in [0, 0.1) is 0 Å². The van der Waals surface area contributed by atoms with Crippen LogP contribution < -0.4 is 0 Å². The number of nitrogens with zero attached hydrogens (tertiary/aromatic N) is 1. The maximum Gasteiger partial charge on any atom is 0.0780 e. The SMILES string of the molecule is C=C1c2ccc3ccccc3c2C(c2ccccc2)=CC1c1ccc(-c2ccc(-c3cccc4cccnc34)cc2)cc1. The van der Waals surface area contributed by atoms with Gasteiger partial charge in [-0.05, 0) is 66.9 Å². The number of aromatic nitrogens is 1. The average molecular weight is 548 g/mol. The molecular formula is C42H29N. The number of benzene rings is 6. The molecule has 1 unspecified atom stereocenters. The summed E-state index contributed by atoms with van der Waals surface area (Å²) in [5.74, 6) is 0.0964. The normalized spacial score (nSPS) is 14.5. The molecule has 0 bridgehead atoms. The minimum atomic E-state index is 0.0964. The van der Waals surface area contributed by atoms with Crippen LogP contribution in [0.25, 0.3) is 55.1 Å². The van der Waals surface area contributed by atoms with E-state index in [0.717, 1.165) is 22.0 Å². The van der Waals surface area contributed by atoms with Gasteiger partial charge in [0.2, 0.25) is 0 Å². The number of hydrogen-bond acceptors (Lipinski definition) is 1. The van der Waals surface area contributed by atoms with Crippen molar-refractivity contribution >= 4 is 32.8 Å². The predicted molar refractivity (Wildman–Crippen MR) is 182 cm³/mol. The Morgan fingerprint density at radius 1 is 0.488 bits per heavy atom. The highest BCUT2D eigenvalue weighted by atomic mass is 14.6. The van der Waals surface area contributed by atoms with Gasteiger partial charge < -0.3 is 0 Å². The molecule has 0 saturated carbocycles. The smallest absolute Gasteiger partial charge is 0.0780 e. The fraction of sp³-hybridized carbons (Fsp3) is 0.0238. The van der Waals surface area contributed by atoms with Crippen molar-refractivity contribution in [3.05, 3.63) is 187 Å². The van der Waals surface area contributed by atoms with Gasteiger partial charge in [-0.1, -0.05) is 152 Å². The van der Waals surface area contributed by atoms with Crippen molar-refractivity contribution in [3.8, 4) is 22.3 Å². The lowest BCUT2D eigenvalue weighted by atomic mass is 9.75. The summed E-state index contributed by atoms with van der Waals surface area (Å²) in [7, 11) is 0. The minimum Gasteiger partial charge on any atom is -0.256 e. The minimum absolute atomic E-state index is 0.0964. The first-order chi connectivity index (χ1) is 21.2. The van der Waals surface area contributed by atoms with Crippen molar-refractivity contribution in [1.29, 1.82) is 0 Å². The van der Waals surface area contributed by atoms with Crippen LogP contribution in [-0.2, 0) is 0 Å². The van der Waals surface area contributed by atoms with Crippen molar-refractivity contribution < 1.29 is 0 Å². The second-order valence-corrected chi connectivity index (χ2v) is 11.2. The Bertz CT molecular complexity index is 2160. The molecule has 1 heteroatoms. The molecule has 1 aliphatic carbocycles. The maximum absolute atomic E-state index is 4.64. The van der Waals surface area contributed by atoms with Gasteiger partial charge in [-0.2, -0.15) is 0 Å². The van der Waals surface area contributed by atoms with Gasteiger partial charge in [0.1, 0.15) is 0 Å². The molecule has 202 valence electrons. The Morgan fingerprint density at radius 3 is 1.98 bits per heavy atom. The molecule has 1 aromatic heterocycles. The quantitative estimate of drug-likeness (QED) is 0.214. The van der Waals surface area contributed by atoms with Crippen LogP contribution >= 0.6 is 0 Å². The highest BCUT2D eigenvalue weighted by Crippen LogP contribution is 2.46. The Labute approximate surface area is 252 Å². The van der Waals surface area contributed by atoms with Crippen LogP contribution in [0.1, 0.15) is 28.2 Å². The standard InChI is InChI=1S/C42H29N/c1-28-36-25-24-32-11-5-6-14-37(32)41(36)40(31-9-3-2-4-10-31)27-39(28)34-22-18-30(19-23-34)29-16-20-33(21-17-29)38-15-7-12-35-13-8-26-43-42(35)38/h2-27,39H,1H2. The second kappa shape index (κ2) is 10.4. The topological polar surface area (TPSA) is 12.9 Å². The van der Waals surface area contributed by atoms with Crippen molar-refractivity contribution in [3.63, 3.8) is 0 Å². The highest BCUT2D eigenvalue weighted by Gasteiger charge is 2.26. The summed E-state index contributed by atoms with van der Waals surface area (Å²) in [5.41, 5.74) is 13.2. The van der Waals surface area contributed by atoms with Gasteiger partial charge in [0.05, 0.1) is 5.52 Å². The molecule has 0 saturated heterocycles. The molecule has 1 atom stereocenters. The van der Waals surface area contributed by atoms with E-state index in [0.29, 0.717) is 0 Å². The fourth-order valence-corrected chi connectivity index (χ4v) is 6.57. The zero-order chi connectivity index (χ0) is 28.8. The molecule has 1 aliphatic rings. The Balaban J connectivity index is 1.15. The third-order valence-corrected chi connectivity index (χ3v) is 8.77. The van der Waals surface area contributed by atoms with E-state index in [9.17, 15) is 0 Å². The van der Waals surface area contributed by atoms with Crippen molar-refractivity contribution in [2.24, 2.45) is 0 Å². The molecule has 0 radical (unpaired) electrons. The van der Waals surface area contributed by atoms with Gasteiger partial charge in [-0.25, -0.2) is 0 Å². The lowest BCUT2D eigenvalue weighted by Gasteiger charge is -2.29. The monoisotopic (exact) mass is 547 g/mol. The predicted octanol–water partition coefficient (Wildman–Crippen LogP) is 11.0. The largest absolute Gasteiger partial charge is 0.256 e. The van der Waals surface area contributed by atoms with Crippen LogP contribution in [0.2, 0.25) is 0 Å². The van der Waals surface area contributed by atoms with Gasteiger partial charge >= 0.3 is 0 Å². The van der Waals surface area contributed by atoms with Gasteiger partial charge in [0.15, 0.2) is 0 Å². The number of rotatable bonds is 4. The van der Waals surface area contributed by atoms with E-state index in [-0.39, 0.29) is 5.92 Å². The van der Waals surface area contributed by atoms with Gasteiger partial charge in [-0.3, -0.25) is 4.98 Å². The first kappa shape index (κ1) is 25.2.